The van der Waals surface area contributed by atoms with Crippen LogP contribution in [0.2, 0.25) is 0 Å². The van der Waals surface area contributed by atoms with Gasteiger partial charge in [-0.3, -0.25) is 9.69 Å². The predicted molar refractivity (Wildman–Crippen MR) is 153 cm³/mol. The van der Waals surface area contributed by atoms with Gasteiger partial charge in [-0.1, -0.05) is 41.1 Å². The fourth-order valence-corrected chi connectivity index (χ4v) is 6.69. The van der Waals surface area contributed by atoms with Gasteiger partial charge in [0.05, 0.1) is 13.5 Å². The van der Waals surface area contributed by atoms with Crippen LogP contribution in [0.4, 0.5) is 0 Å². The number of hydrogen-bond donors (Lipinski definition) is 1. The van der Waals surface area contributed by atoms with Crippen molar-refractivity contribution in [2.75, 3.05) is 13.7 Å². The maximum absolute atomic E-state index is 12.2. The molecule has 3 atom stereocenters. The molecule has 208 valence electrons. The van der Waals surface area contributed by atoms with Gasteiger partial charge in [-0.2, -0.15) is 0 Å². The number of carboxylic acid groups (broad SMARTS) is 1. The topological polar surface area (TPSA) is 89.7 Å². The SMILES string of the molecule is COc1cc(C(CC(=O)O)c2ccc3c(c2)C(N2Cc4cc(C)ccc4O[C@H](C)C2)CC3)c(C)c2nnn(C)c12. The van der Waals surface area contributed by atoms with Gasteiger partial charge in [-0.25, -0.2) is 4.68 Å². The smallest absolute Gasteiger partial charge is 0.304 e. The van der Waals surface area contributed by atoms with Gasteiger partial charge in [0.25, 0.3) is 0 Å². The first-order chi connectivity index (χ1) is 19.2. The van der Waals surface area contributed by atoms with Crippen molar-refractivity contribution in [2.45, 2.75) is 64.6 Å². The summed E-state index contributed by atoms with van der Waals surface area (Å²) in [7, 11) is 3.46. The fraction of sp³-hybridized carbons (Fsp3) is 0.406. The zero-order chi connectivity index (χ0) is 28.1. The fourth-order valence-electron chi connectivity index (χ4n) is 6.69. The highest BCUT2D eigenvalue weighted by molar-refractivity contribution is 5.86. The molecular formula is C32H36N4O4. The molecule has 40 heavy (non-hydrogen) atoms. The van der Waals surface area contributed by atoms with Gasteiger partial charge in [0, 0.05) is 37.7 Å². The first-order valence-electron chi connectivity index (χ1n) is 13.9. The molecule has 1 aromatic heterocycles. The lowest BCUT2D eigenvalue weighted by Gasteiger charge is -2.30. The monoisotopic (exact) mass is 540 g/mol. The zero-order valence-corrected chi connectivity index (χ0v) is 23.8. The van der Waals surface area contributed by atoms with E-state index >= 15 is 0 Å². The lowest BCUT2D eigenvalue weighted by atomic mass is 9.84. The van der Waals surface area contributed by atoms with Crippen molar-refractivity contribution in [3.8, 4) is 11.5 Å². The molecule has 8 heteroatoms. The molecular weight excluding hydrogens is 504 g/mol. The molecule has 2 unspecified atom stereocenters. The van der Waals surface area contributed by atoms with Crippen LogP contribution in [0.15, 0.2) is 42.5 Å². The van der Waals surface area contributed by atoms with Crippen molar-refractivity contribution >= 4 is 17.0 Å². The molecule has 0 fully saturated rings. The second-order valence-electron chi connectivity index (χ2n) is 11.3. The molecule has 6 rings (SSSR count). The van der Waals surface area contributed by atoms with Crippen molar-refractivity contribution in [1.82, 2.24) is 19.9 Å². The van der Waals surface area contributed by atoms with Gasteiger partial charge in [0.2, 0.25) is 0 Å². The average molecular weight is 541 g/mol. The zero-order valence-electron chi connectivity index (χ0n) is 23.8. The lowest BCUT2D eigenvalue weighted by molar-refractivity contribution is -0.137. The number of fused-ring (bicyclic) bond motifs is 3. The summed E-state index contributed by atoms with van der Waals surface area (Å²) in [6, 6.07) is 15.2. The van der Waals surface area contributed by atoms with E-state index in [9.17, 15) is 9.90 Å². The molecule has 1 aliphatic carbocycles. The molecule has 3 aromatic carbocycles. The summed E-state index contributed by atoms with van der Waals surface area (Å²) in [5, 5.41) is 18.6. The highest BCUT2D eigenvalue weighted by atomic mass is 16.5. The molecule has 1 aliphatic heterocycles. The minimum Gasteiger partial charge on any atom is -0.494 e. The summed E-state index contributed by atoms with van der Waals surface area (Å²) in [6.45, 7) is 7.91. The Balaban J connectivity index is 1.41. The van der Waals surface area contributed by atoms with E-state index in [1.165, 1.54) is 22.3 Å². The van der Waals surface area contributed by atoms with Crippen LogP contribution in [0.3, 0.4) is 0 Å². The summed E-state index contributed by atoms with van der Waals surface area (Å²) in [6.07, 6.45) is 2.09. The Morgan fingerprint density at radius 2 is 2.00 bits per heavy atom. The van der Waals surface area contributed by atoms with Crippen LogP contribution in [0.5, 0.6) is 11.5 Å². The van der Waals surface area contributed by atoms with Crippen LogP contribution in [0.1, 0.15) is 70.7 Å². The molecule has 0 bridgehead atoms. The van der Waals surface area contributed by atoms with E-state index in [1.54, 1.807) is 11.8 Å². The van der Waals surface area contributed by atoms with Crippen molar-refractivity contribution in [2.24, 2.45) is 7.05 Å². The second-order valence-corrected chi connectivity index (χ2v) is 11.3. The van der Waals surface area contributed by atoms with Crippen LogP contribution in [-0.2, 0) is 24.8 Å². The Kier molecular flexibility index (Phi) is 6.74. The number of aliphatic carboxylic acids is 1. The van der Waals surface area contributed by atoms with Gasteiger partial charge in [-0.05, 0) is 73.6 Å². The standard InChI is InChI=1S/C32H36N4O4/c1-18-6-11-28-23(12-18)17-36(16-19(2)40-28)27-10-9-21-7-8-22(13-26(21)27)25(15-30(37)38)24-14-29(39-5)32-31(20(24)3)33-34-35(32)4/h6-8,11-14,19,25,27H,9-10,15-17H2,1-5H3,(H,37,38)/t19-,25?,27?/m1/s1. The number of hydrogen-bond acceptors (Lipinski definition) is 6. The van der Waals surface area contributed by atoms with E-state index in [-0.39, 0.29) is 24.5 Å². The molecule has 2 heterocycles. The summed E-state index contributed by atoms with van der Waals surface area (Å²) >= 11 is 0. The van der Waals surface area contributed by atoms with E-state index < -0.39 is 5.97 Å². The van der Waals surface area contributed by atoms with Crippen molar-refractivity contribution in [3.05, 3.63) is 81.4 Å². The highest BCUT2D eigenvalue weighted by Crippen LogP contribution is 2.43. The normalized spacial score (nSPS) is 19.5. The number of carbonyl (C=O) groups is 1. The number of nitrogens with zero attached hydrogens (tertiary/aromatic N) is 4. The predicted octanol–water partition coefficient (Wildman–Crippen LogP) is 5.47. The number of benzene rings is 3. The molecule has 1 N–H and O–H groups in total. The van der Waals surface area contributed by atoms with Gasteiger partial charge >= 0.3 is 5.97 Å². The summed E-state index contributed by atoms with van der Waals surface area (Å²) in [4.78, 5) is 14.7. The number of aryl methyl sites for hydroxylation is 4. The van der Waals surface area contributed by atoms with E-state index in [0.717, 1.165) is 59.4 Å². The number of rotatable bonds is 6. The number of ether oxygens (including phenoxy) is 2. The van der Waals surface area contributed by atoms with Gasteiger partial charge in [-0.15, -0.1) is 5.10 Å². The molecule has 0 saturated carbocycles. The molecule has 0 radical (unpaired) electrons. The lowest BCUT2D eigenvalue weighted by Crippen LogP contribution is -2.33. The van der Waals surface area contributed by atoms with Crippen LogP contribution in [0.25, 0.3) is 11.0 Å². The van der Waals surface area contributed by atoms with Crippen LogP contribution in [-0.4, -0.2) is 50.7 Å². The first-order valence-corrected chi connectivity index (χ1v) is 13.9. The van der Waals surface area contributed by atoms with E-state index in [2.05, 4.69) is 65.5 Å². The van der Waals surface area contributed by atoms with Crippen molar-refractivity contribution in [3.63, 3.8) is 0 Å². The Morgan fingerprint density at radius 3 is 2.77 bits per heavy atom. The molecule has 4 aromatic rings. The Morgan fingerprint density at radius 1 is 1.18 bits per heavy atom. The van der Waals surface area contributed by atoms with Crippen LogP contribution < -0.4 is 9.47 Å². The maximum Gasteiger partial charge on any atom is 0.304 e. The van der Waals surface area contributed by atoms with E-state index in [1.807, 2.05) is 20.0 Å². The Hall–Kier alpha value is -3.91. The van der Waals surface area contributed by atoms with Crippen molar-refractivity contribution in [1.29, 1.82) is 0 Å². The number of aromatic nitrogens is 3. The molecule has 2 aliphatic rings. The molecule has 0 saturated heterocycles. The largest absolute Gasteiger partial charge is 0.494 e. The van der Waals surface area contributed by atoms with Gasteiger partial charge in [0.1, 0.15) is 28.6 Å². The minimum atomic E-state index is -0.842. The molecule has 0 amide bonds. The Bertz CT molecular complexity index is 1610. The Labute approximate surface area is 234 Å². The summed E-state index contributed by atoms with van der Waals surface area (Å²) in [5.41, 5.74) is 9.45. The van der Waals surface area contributed by atoms with Gasteiger partial charge < -0.3 is 14.6 Å². The van der Waals surface area contributed by atoms with Crippen LogP contribution >= 0.6 is 0 Å². The maximum atomic E-state index is 12.2. The van der Waals surface area contributed by atoms with E-state index in [4.69, 9.17) is 9.47 Å². The average Bonchev–Trinajstić information content (AvgIpc) is 3.48. The molecule has 8 nitrogen and oxygen atoms in total. The third-order valence-corrected chi connectivity index (χ3v) is 8.58. The third kappa shape index (κ3) is 4.60. The molecule has 0 spiro atoms. The summed E-state index contributed by atoms with van der Waals surface area (Å²) < 4.78 is 13.7. The van der Waals surface area contributed by atoms with Crippen molar-refractivity contribution < 1.29 is 19.4 Å². The van der Waals surface area contributed by atoms with E-state index in [0.29, 0.717) is 5.75 Å². The second kappa shape index (κ2) is 10.2. The number of carboxylic acids is 1. The quantitative estimate of drug-likeness (QED) is 0.347. The summed E-state index contributed by atoms with van der Waals surface area (Å²) in [5.74, 6) is 0.423. The minimum absolute atomic E-state index is 0.0273. The third-order valence-electron chi connectivity index (χ3n) is 8.58. The first kappa shape index (κ1) is 26.3. The van der Waals surface area contributed by atoms with Crippen LogP contribution in [0, 0.1) is 13.8 Å². The van der Waals surface area contributed by atoms with Gasteiger partial charge in [0.15, 0.2) is 0 Å². The highest BCUT2D eigenvalue weighted by Gasteiger charge is 2.33. The number of methoxy groups -OCH3 is 1.